The van der Waals surface area contributed by atoms with Crippen molar-refractivity contribution in [2.75, 3.05) is 6.61 Å². The fourth-order valence-corrected chi connectivity index (χ4v) is 6.90. The highest BCUT2D eigenvalue weighted by Gasteiger charge is 2.44. The lowest BCUT2D eigenvalue weighted by molar-refractivity contribution is -0.234. The van der Waals surface area contributed by atoms with Gasteiger partial charge in [0.25, 0.3) is 0 Å². The van der Waals surface area contributed by atoms with Gasteiger partial charge in [-0.3, -0.25) is 0 Å². The van der Waals surface area contributed by atoms with Gasteiger partial charge in [-0.15, -0.1) is 11.3 Å². The van der Waals surface area contributed by atoms with E-state index < -0.39 is 30.5 Å². The molecule has 0 unspecified atom stereocenters. The van der Waals surface area contributed by atoms with Crippen molar-refractivity contribution >= 4 is 11.3 Å². The smallest absolute Gasteiger partial charge is 0.116 e. The van der Waals surface area contributed by atoms with E-state index in [1.54, 1.807) is 6.20 Å². The molecule has 53 heavy (non-hydrogen) atoms. The van der Waals surface area contributed by atoms with Crippen molar-refractivity contribution in [2.45, 2.75) is 63.4 Å². The van der Waals surface area contributed by atoms with Gasteiger partial charge in [0, 0.05) is 18.1 Å². The molecule has 8 nitrogen and oxygen atoms in total. The van der Waals surface area contributed by atoms with Crippen LogP contribution in [0.3, 0.4) is 0 Å². The van der Waals surface area contributed by atoms with E-state index in [0.717, 1.165) is 27.8 Å². The summed E-state index contributed by atoms with van der Waals surface area (Å²) < 4.78 is 26.5. The normalized spacial score (nSPS) is 14.4. The largest absolute Gasteiger partial charge is 0.388 e. The van der Waals surface area contributed by atoms with Gasteiger partial charge in [-0.05, 0) is 27.8 Å². The van der Waals surface area contributed by atoms with Gasteiger partial charge in [-0.25, -0.2) is 4.98 Å². The molecule has 0 radical (unpaired) electrons. The zero-order valence-electron chi connectivity index (χ0n) is 29.5. The molecular formula is C44H46N2O6S. The maximum Gasteiger partial charge on any atom is 0.116 e. The van der Waals surface area contributed by atoms with Crippen LogP contribution in [-0.4, -0.2) is 51.4 Å². The lowest BCUT2D eigenvalue weighted by Crippen LogP contribution is -2.54. The molecular weight excluding hydrogens is 685 g/mol. The summed E-state index contributed by atoms with van der Waals surface area (Å²) in [4.78, 5) is 4.69. The lowest BCUT2D eigenvalue weighted by Gasteiger charge is -2.40. The third-order valence-electron chi connectivity index (χ3n) is 8.81. The summed E-state index contributed by atoms with van der Waals surface area (Å²) in [6.07, 6.45) is -2.18. The minimum absolute atomic E-state index is 0.0280. The van der Waals surface area contributed by atoms with Crippen LogP contribution < -0.4 is 0 Å². The molecule has 6 aromatic rings. The molecule has 1 heterocycles. The summed E-state index contributed by atoms with van der Waals surface area (Å²) in [5, 5.41) is 27.9. The maximum atomic E-state index is 12.1. The van der Waals surface area contributed by atoms with Crippen molar-refractivity contribution in [3.63, 3.8) is 0 Å². The highest BCUT2D eigenvalue weighted by atomic mass is 32.1. The van der Waals surface area contributed by atoms with Gasteiger partial charge in [0.05, 0.1) is 33.0 Å². The SMILES string of the molecule is O[C@H](COCc1ccccc1)[C@@H](OCc1ccccc1)[C@H](OCc1ccccc1)[C@H](OCc1ccccc1)[C@@H](c1nccs1)N(O)Cc1ccccc1. The van der Waals surface area contributed by atoms with Crippen molar-refractivity contribution in [2.24, 2.45) is 0 Å². The molecule has 0 amide bonds. The molecule has 6 rings (SSSR count). The zero-order chi connectivity index (χ0) is 36.5. The van der Waals surface area contributed by atoms with Gasteiger partial charge in [0.15, 0.2) is 0 Å². The molecule has 0 spiro atoms. The maximum absolute atomic E-state index is 12.1. The first-order chi connectivity index (χ1) is 26.1. The number of aliphatic hydroxyl groups is 1. The molecule has 1 aromatic heterocycles. The zero-order valence-corrected chi connectivity index (χ0v) is 30.4. The average molecular weight is 731 g/mol. The first-order valence-electron chi connectivity index (χ1n) is 17.8. The number of hydroxylamine groups is 2. The number of hydrogen-bond donors (Lipinski definition) is 2. The Morgan fingerprint density at radius 2 is 0.943 bits per heavy atom. The van der Waals surface area contributed by atoms with E-state index in [9.17, 15) is 10.3 Å². The van der Waals surface area contributed by atoms with Crippen LogP contribution in [0.4, 0.5) is 0 Å². The van der Waals surface area contributed by atoms with Crippen LogP contribution in [0.2, 0.25) is 0 Å². The Hall–Kier alpha value is -4.55. The van der Waals surface area contributed by atoms with Gasteiger partial charge in [0.1, 0.15) is 35.5 Å². The minimum atomic E-state index is -1.13. The molecule has 274 valence electrons. The average Bonchev–Trinajstić information content (AvgIpc) is 3.74. The van der Waals surface area contributed by atoms with E-state index in [1.807, 2.05) is 157 Å². The first-order valence-corrected chi connectivity index (χ1v) is 18.7. The molecule has 9 heteroatoms. The highest BCUT2D eigenvalue weighted by molar-refractivity contribution is 7.09. The Labute approximate surface area is 315 Å². The van der Waals surface area contributed by atoms with Crippen LogP contribution in [0.15, 0.2) is 163 Å². The van der Waals surface area contributed by atoms with E-state index in [4.69, 9.17) is 23.9 Å². The first kappa shape index (κ1) is 38.2. The third kappa shape index (κ3) is 11.7. The summed E-state index contributed by atoms with van der Waals surface area (Å²) in [5.41, 5.74) is 4.71. The van der Waals surface area contributed by atoms with Crippen molar-refractivity contribution in [3.05, 3.63) is 196 Å². The predicted molar refractivity (Wildman–Crippen MR) is 206 cm³/mol. The second-order valence-electron chi connectivity index (χ2n) is 12.8. The van der Waals surface area contributed by atoms with Crippen LogP contribution in [0, 0.1) is 0 Å². The number of aliphatic hydroxyl groups excluding tert-OH is 1. The molecule has 0 saturated carbocycles. The van der Waals surface area contributed by atoms with Gasteiger partial charge in [-0.2, -0.15) is 5.06 Å². The van der Waals surface area contributed by atoms with Gasteiger partial charge < -0.3 is 29.3 Å². The minimum Gasteiger partial charge on any atom is -0.388 e. The molecule has 0 fully saturated rings. The van der Waals surface area contributed by atoms with Gasteiger partial charge in [0.2, 0.25) is 0 Å². The van der Waals surface area contributed by atoms with E-state index in [1.165, 1.54) is 16.4 Å². The Balaban J connectivity index is 1.39. The fourth-order valence-electron chi connectivity index (χ4n) is 6.12. The summed E-state index contributed by atoms with van der Waals surface area (Å²) in [6, 6.07) is 48.3. The molecule has 0 aliphatic rings. The van der Waals surface area contributed by atoms with Crippen molar-refractivity contribution < 1.29 is 29.3 Å². The molecule has 5 aromatic carbocycles. The number of aromatic nitrogens is 1. The number of benzene rings is 5. The number of nitrogens with zero attached hydrogens (tertiary/aromatic N) is 2. The molecule has 0 aliphatic carbocycles. The second-order valence-corrected chi connectivity index (χ2v) is 13.7. The standard InChI is InChI=1S/C44H46N2O6S/c47-39(33-49-29-35-18-8-2-9-19-35)41(50-30-36-20-10-3-11-21-36)43(52-32-38-24-14-5-15-25-38)42(51-31-37-22-12-4-13-23-37)40(44-45-26-27-53-44)46(48)28-34-16-6-1-7-17-34/h1-27,39-43,47-48H,28-33H2/t39-,40+,41-,42-,43+/m1/s1. The lowest BCUT2D eigenvalue weighted by atomic mass is 9.96. The van der Waals surface area contributed by atoms with Gasteiger partial charge in [-0.1, -0.05) is 152 Å². The van der Waals surface area contributed by atoms with Crippen LogP contribution in [0.25, 0.3) is 0 Å². The Kier molecular flexibility index (Phi) is 14.9. The van der Waals surface area contributed by atoms with Crippen molar-refractivity contribution in [3.8, 4) is 0 Å². The topological polar surface area (TPSA) is 93.5 Å². The van der Waals surface area contributed by atoms with Gasteiger partial charge >= 0.3 is 0 Å². The number of thiazole rings is 1. The van der Waals surface area contributed by atoms with Crippen molar-refractivity contribution in [1.82, 2.24) is 10.0 Å². The quantitative estimate of drug-likeness (QED) is 0.0714. The van der Waals surface area contributed by atoms with E-state index in [0.29, 0.717) is 11.6 Å². The molecule has 0 aliphatic heterocycles. The van der Waals surface area contributed by atoms with Crippen molar-refractivity contribution in [1.29, 1.82) is 0 Å². The van der Waals surface area contributed by atoms with E-state index in [2.05, 4.69) is 0 Å². The van der Waals surface area contributed by atoms with Crippen LogP contribution >= 0.6 is 11.3 Å². The predicted octanol–water partition coefficient (Wildman–Crippen LogP) is 8.41. The summed E-state index contributed by atoms with van der Waals surface area (Å²) in [7, 11) is 0. The molecule has 5 atom stereocenters. The fraction of sp³-hybridized carbons (Fsp3) is 0.250. The summed E-state index contributed by atoms with van der Waals surface area (Å²) in [5.74, 6) is 0. The number of ether oxygens (including phenoxy) is 4. The van der Waals surface area contributed by atoms with Crippen LogP contribution in [0.1, 0.15) is 38.9 Å². The Morgan fingerprint density at radius 1 is 0.528 bits per heavy atom. The molecule has 0 saturated heterocycles. The van der Waals surface area contributed by atoms with Crippen LogP contribution in [0.5, 0.6) is 0 Å². The molecule has 2 N–H and O–H groups in total. The van der Waals surface area contributed by atoms with E-state index in [-0.39, 0.29) is 33.0 Å². The highest BCUT2D eigenvalue weighted by Crippen LogP contribution is 2.35. The number of hydrogen-bond acceptors (Lipinski definition) is 9. The summed E-state index contributed by atoms with van der Waals surface area (Å²) >= 11 is 1.42. The summed E-state index contributed by atoms with van der Waals surface area (Å²) in [6.45, 7) is 1.10. The monoisotopic (exact) mass is 730 g/mol. The van der Waals surface area contributed by atoms with E-state index >= 15 is 0 Å². The number of rotatable bonds is 21. The third-order valence-corrected chi connectivity index (χ3v) is 9.65. The Bertz CT molecular complexity index is 1840. The Morgan fingerprint density at radius 3 is 1.40 bits per heavy atom. The second kappa shape index (κ2) is 20.6. The molecule has 0 bridgehead atoms. The van der Waals surface area contributed by atoms with Crippen LogP contribution in [-0.2, 0) is 51.9 Å².